The Morgan fingerprint density at radius 3 is 2.53 bits per heavy atom. The minimum atomic E-state index is -0.161. The summed E-state index contributed by atoms with van der Waals surface area (Å²) in [7, 11) is 0. The lowest BCUT2D eigenvalue weighted by Gasteiger charge is -2.07. The summed E-state index contributed by atoms with van der Waals surface area (Å²) in [5, 5.41) is 9.76. The van der Waals surface area contributed by atoms with Crippen molar-refractivity contribution in [3.8, 4) is 5.88 Å². The molecule has 1 N–H and O–H groups in total. The van der Waals surface area contributed by atoms with Crippen molar-refractivity contribution >= 4 is 0 Å². The number of rotatable bonds is 5. The van der Waals surface area contributed by atoms with Crippen molar-refractivity contribution in [2.24, 2.45) is 0 Å². The Bertz CT molecular complexity index is 546. The van der Waals surface area contributed by atoms with Gasteiger partial charge in [0.2, 0.25) is 0 Å². The van der Waals surface area contributed by atoms with Gasteiger partial charge in [0, 0.05) is 18.7 Å². The zero-order chi connectivity index (χ0) is 14.4. The van der Waals surface area contributed by atoms with Crippen LogP contribution in [0.2, 0.25) is 0 Å². The molecule has 0 aromatic carbocycles. The second kappa shape index (κ2) is 6.98. The van der Waals surface area contributed by atoms with E-state index in [0.29, 0.717) is 6.54 Å². The standard InChI is InChI=1S/C16H23NO2/c1-12(2)6-5-7-13(3)8-9-17-15(18)10-14(4)11-16(17)19/h6,8,10-11,18H,5,7,9H2,1-4H3. The molecular formula is C16H23NO2. The van der Waals surface area contributed by atoms with E-state index in [9.17, 15) is 9.90 Å². The first-order valence-corrected chi connectivity index (χ1v) is 6.59. The van der Waals surface area contributed by atoms with Crippen molar-refractivity contribution in [3.05, 3.63) is 51.3 Å². The van der Waals surface area contributed by atoms with Gasteiger partial charge in [0.25, 0.3) is 5.56 Å². The fourth-order valence-electron chi connectivity index (χ4n) is 1.83. The molecule has 1 aromatic rings. The monoisotopic (exact) mass is 261 g/mol. The SMILES string of the molecule is CC(C)=CCCC(C)=CCn1c(O)cc(C)cc1=O. The van der Waals surface area contributed by atoms with Crippen molar-refractivity contribution in [3.63, 3.8) is 0 Å². The maximum atomic E-state index is 11.7. The highest BCUT2D eigenvalue weighted by atomic mass is 16.3. The van der Waals surface area contributed by atoms with E-state index in [4.69, 9.17) is 0 Å². The smallest absolute Gasteiger partial charge is 0.253 e. The van der Waals surface area contributed by atoms with Gasteiger partial charge in [-0.25, -0.2) is 0 Å². The molecule has 0 aliphatic heterocycles. The molecule has 19 heavy (non-hydrogen) atoms. The van der Waals surface area contributed by atoms with Gasteiger partial charge in [-0.3, -0.25) is 9.36 Å². The number of aryl methyl sites for hydroxylation is 1. The highest BCUT2D eigenvalue weighted by Crippen LogP contribution is 2.10. The Morgan fingerprint density at radius 1 is 1.26 bits per heavy atom. The third-order valence-corrected chi connectivity index (χ3v) is 2.96. The normalized spacial score (nSPS) is 11.5. The molecule has 0 amide bonds. The number of hydrogen-bond donors (Lipinski definition) is 1. The fourth-order valence-corrected chi connectivity index (χ4v) is 1.83. The molecule has 0 fully saturated rings. The van der Waals surface area contributed by atoms with Crippen LogP contribution in [0.5, 0.6) is 5.88 Å². The highest BCUT2D eigenvalue weighted by molar-refractivity contribution is 5.20. The summed E-state index contributed by atoms with van der Waals surface area (Å²) in [6, 6.07) is 3.14. The van der Waals surface area contributed by atoms with Crippen molar-refractivity contribution < 1.29 is 5.11 Å². The lowest BCUT2D eigenvalue weighted by atomic mass is 10.1. The van der Waals surface area contributed by atoms with Crippen LogP contribution in [0.1, 0.15) is 39.2 Å². The Hall–Kier alpha value is -1.77. The van der Waals surface area contributed by atoms with E-state index in [1.165, 1.54) is 21.8 Å². The third-order valence-electron chi connectivity index (χ3n) is 2.96. The Kier molecular flexibility index (Phi) is 5.61. The lowest BCUT2D eigenvalue weighted by molar-refractivity contribution is 0.415. The van der Waals surface area contributed by atoms with Crippen LogP contribution in [0.15, 0.2) is 40.2 Å². The van der Waals surface area contributed by atoms with Crippen LogP contribution < -0.4 is 5.56 Å². The van der Waals surface area contributed by atoms with Crippen LogP contribution in [0.4, 0.5) is 0 Å². The van der Waals surface area contributed by atoms with Gasteiger partial charge in [0.15, 0.2) is 5.88 Å². The fraction of sp³-hybridized carbons (Fsp3) is 0.438. The maximum absolute atomic E-state index is 11.7. The first-order valence-electron chi connectivity index (χ1n) is 6.59. The molecule has 1 aromatic heterocycles. The predicted octanol–water partition coefficient (Wildman–Crippen LogP) is 3.56. The van der Waals surface area contributed by atoms with Crippen LogP contribution in [0.3, 0.4) is 0 Å². The van der Waals surface area contributed by atoms with Crippen molar-refractivity contribution in [2.45, 2.75) is 47.1 Å². The van der Waals surface area contributed by atoms with E-state index < -0.39 is 0 Å². The minimum absolute atomic E-state index is 0.0262. The molecule has 1 rings (SSSR count). The second-order valence-electron chi connectivity index (χ2n) is 5.21. The first-order chi connectivity index (χ1) is 8.90. The molecule has 3 heteroatoms. The van der Waals surface area contributed by atoms with Crippen LogP contribution in [0.25, 0.3) is 0 Å². The minimum Gasteiger partial charge on any atom is -0.494 e. The van der Waals surface area contributed by atoms with Gasteiger partial charge in [-0.15, -0.1) is 0 Å². The molecule has 0 saturated carbocycles. The average Bonchev–Trinajstić information content (AvgIpc) is 2.26. The van der Waals surface area contributed by atoms with Gasteiger partial charge in [0.05, 0.1) is 0 Å². The molecule has 0 radical (unpaired) electrons. The van der Waals surface area contributed by atoms with Crippen molar-refractivity contribution in [2.75, 3.05) is 0 Å². The number of aromatic hydroxyl groups is 1. The molecule has 0 atom stereocenters. The zero-order valence-corrected chi connectivity index (χ0v) is 12.2. The van der Waals surface area contributed by atoms with E-state index in [0.717, 1.165) is 18.4 Å². The van der Waals surface area contributed by atoms with Gasteiger partial charge < -0.3 is 5.11 Å². The molecule has 0 aliphatic rings. The van der Waals surface area contributed by atoms with Gasteiger partial charge in [-0.2, -0.15) is 0 Å². The summed E-state index contributed by atoms with van der Waals surface area (Å²) in [6.45, 7) is 8.44. The number of allylic oxidation sites excluding steroid dienone is 4. The van der Waals surface area contributed by atoms with Gasteiger partial charge in [-0.05, 0) is 46.1 Å². The quantitative estimate of drug-likeness (QED) is 0.823. The Balaban J connectivity index is 2.71. The predicted molar refractivity (Wildman–Crippen MR) is 79.5 cm³/mol. The van der Waals surface area contributed by atoms with Crippen LogP contribution >= 0.6 is 0 Å². The molecule has 0 spiro atoms. The zero-order valence-electron chi connectivity index (χ0n) is 12.2. The van der Waals surface area contributed by atoms with Crippen molar-refractivity contribution in [1.29, 1.82) is 0 Å². The molecule has 0 aliphatic carbocycles. The van der Waals surface area contributed by atoms with Crippen LogP contribution in [0, 0.1) is 6.92 Å². The molecule has 0 unspecified atom stereocenters. The van der Waals surface area contributed by atoms with Crippen molar-refractivity contribution in [1.82, 2.24) is 4.57 Å². The lowest BCUT2D eigenvalue weighted by Crippen LogP contribution is -2.18. The number of pyridine rings is 1. The molecule has 104 valence electrons. The molecule has 3 nitrogen and oxygen atoms in total. The topological polar surface area (TPSA) is 42.2 Å². The molecular weight excluding hydrogens is 238 g/mol. The summed E-state index contributed by atoms with van der Waals surface area (Å²) >= 11 is 0. The van der Waals surface area contributed by atoms with Gasteiger partial charge in [0.1, 0.15) is 0 Å². The molecule has 0 saturated heterocycles. The summed E-state index contributed by atoms with van der Waals surface area (Å²) in [6.07, 6.45) is 6.19. The first kappa shape index (κ1) is 15.3. The second-order valence-corrected chi connectivity index (χ2v) is 5.21. The molecule has 0 bridgehead atoms. The average molecular weight is 261 g/mol. The van der Waals surface area contributed by atoms with Gasteiger partial charge in [-0.1, -0.05) is 23.3 Å². The Morgan fingerprint density at radius 2 is 1.95 bits per heavy atom. The number of nitrogens with zero attached hydrogens (tertiary/aromatic N) is 1. The van der Waals surface area contributed by atoms with E-state index in [1.54, 1.807) is 13.0 Å². The summed E-state index contributed by atoms with van der Waals surface area (Å²) in [4.78, 5) is 11.7. The van der Waals surface area contributed by atoms with E-state index in [2.05, 4.69) is 26.8 Å². The van der Waals surface area contributed by atoms with Gasteiger partial charge >= 0.3 is 0 Å². The number of aromatic nitrogens is 1. The van der Waals surface area contributed by atoms with E-state index in [1.807, 2.05) is 6.08 Å². The maximum Gasteiger partial charge on any atom is 0.253 e. The van der Waals surface area contributed by atoms with E-state index >= 15 is 0 Å². The third kappa shape index (κ3) is 5.16. The highest BCUT2D eigenvalue weighted by Gasteiger charge is 2.02. The number of hydrogen-bond acceptors (Lipinski definition) is 2. The summed E-state index contributed by atoms with van der Waals surface area (Å²) in [5.41, 5.74) is 3.17. The largest absolute Gasteiger partial charge is 0.494 e. The Labute approximate surface area is 114 Å². The molecule has 1 heterocycles. The summed E-state index contributed by atoms with van der Waals surface area (Å²) < 4.78 is 1.37. The van der Waals surface area contributed by atoms with Crippen LogP contribution in [-0.2, 0) is 6.54 Å². The summed E-state index contributed by atoms with van der Waals surface area (Å²) in [5.74, 6) is 0.0262. The van der Waals surface area contributed by atoms with Crippen LogP contribution in [-0.4, -0.2) is 9.67 Å². The van der Waals surface area contributed by atoms with E-state index in [-0.39, 0.29) is 11.4 Å².